The largest absolute Gasteiger partial charge is 0.465 e. The lowest BCUT2D eigenvalue weighted by atomic mass is 10.00. The number of nitrogens with one attached hydrogen (secondary N) is 3. The molecule has 24 heavy (non-hydrogen) atoms. The van der Waals surface area contributed by atoms with Gasteiger partial charge >= 0.3 is 6.09 Å². The van der Waals surface area contributed by atoms with Gasteiger partial charge in [-0.3, -0.25) is 14.4 Å². The molecule has 0 aromatic rings. The third-order valence-corrected chi connectivity index (χ3v) is 4.04. The molecule has 1 aliphatic heterocycles. The topological polar surface area (TPSA) is 125 Å². The van der Waals surface area contributed by atoms with Gasteiger partial charge in [0.1, 0.15) is 6.04 Å². The minimum Gasteiger partial charge on any atom is -0.465 e. The highest BCUT2D eigenvalue weighted by atomic mass is 16.4. The number of hydrogen-bond donors (Lipinski definition) is 4. The first kappa shape index (κ1) is 19.9. The molecule has 8 heteroatoms. The molecule has 1 saturated heterocycles. The van der Waals surface area contributed by atoms with Crippen LogP contribution in [0.4, 0.5) is 4.79 Å². The van der Waals surface area contributed by atoms with Crippen molar-refractivity contribution in [2.45, 2.75) is 64.5 Å². The fourth-order valence-electron chi connectivity index (χ4n) is 2.65. The van der Waals surface area contributed by atoms with E-state index < -0.39 is 35.8 Å². The molecule has 1 fully saturated rings. The Balaban J connectivity index is 2.80. The van der Waals surface area contributed by atoms with E-state index in [0.717, 1.165) is 32.1 Å². The molecule has 0 spiro atoms. The average Bonchev–Trinajstić information content (AvgIpc) is 2.54. The highest BCUT2D eigenvalue weighted by molar-refractivity contribution is 6.38. The van der Waals surface area contributed by atoms with E-state index in [1.165, 1.54) is 0 Å². The van der Waals surface area contributed by atoms with Crippen LogP contribution in [0.1, 0.15) is 52.4 Å². The van der Waals surface area contributed by atoms with Gasteiger partial charge in [-0.15, -0.1) is 0 Å². The van der Waals surface area contributed by atoms with Crippen molar-refractivity contribution in [3.63, 3.8) is 0 Å². The van der Waals surface area contributed by atoms with Crippen molar-refractivity contribution in [3.05, 3.63) is 0 Å². The Morgan fingerprint density at radius 2 is 1.75 bits per heavy atom. The van der Waals surface area contributed by atoms with Crippen LogP contribution in [-0.4, -0.2) is 47.4 Å². The van der Waals surface area contributed by atoms with Crippen LogP contribution >= 0.6 is 0 Å². The van der Waals surface area contributed by atoms with Crippen LogP contribution in [0.3, 0.4) is 0 Å². The number of Topliss-reactive ketones (excluding diaryl/α,β-unsaturated/α-hetero) is 1. The Labute approximate surface area is 141 Å². The smallest absolute Gasteiger partial charge is 0.405 e. The zero-order valence-corrected chi connectivity index (χ0v) is 14.3. The molecule has 0 saturated carbocycles. The summed E-state index contributed by atoms with van der Waals surface area (Å²) in [5.41, 5.74) is 0. The van der Waals surface area contributed by atoms with Crippen molar-refractivity contribution in [2.75, 3.05) is 6.54 Å². The lowest BCUT2D eigenvalue weighted by Gasteiger charge is -2.23. The lowest BCUT2D eigenvalue weighted by molar-refractivity contribution is -0.140. The average molecular weight is 341 g/mol. The van der Waals surface area contributed by atoms with E-state index in [1.54, 1.807) is 13.8 Å². The number of hydrogen-bond acceptors (Lipinski definition) is 4. The van der Waals surface area contributed by atoms with Gasteiger partial charge in [0.05, 0.1) is 6.04 Å². The maximum absolute atomic E-state index is 12.3. The second kappa shape index (κ2) is 9.89. The normalized spacial score (nSPS) is 21.4. The molecule has 2 atom stereocenters. The molecule has 4 N–H and O–H groups in total. The number of rotatable bonds is 4. The van der Waals surface area contributed by atoms with Gasteiger partial charge in [-0.25, -0.2) is 4.79 Å². The van der Waals surface area contributed by atoms with Gasteiger partial charge in [-0.05, 0) is 18.8 Å². The van der Waals surface area contributed by atoms with Crippen LogP contribution in [-0.2, 0) is 14.4 Å². The van der Waals surface area contributed by atoms with Crippen LogP contribution < -0.4 is 16.0 Å². The summed E-state index contributed by atoms with van der Waals surface area (Å²) < 4.78 is 0. The molecule has 8 nitrogen and oxygen atoms in total. The molecule has 0 aromatic heterocycles. The molecular weight excluding hydrogens is 314 g/mol. The van der Waals surface area contributed by atoms with E-state index in [2.05, 4.69) is 16.0 Å². The number of carbonyl (C=O) groups is 4. The maximum Gasteiger partial charge on any atom is 0.405 e. The van der Waals surface area contributed by atoms with Gasteiger partial charge in [0, 0.05) is 6.54 Å². The third-order valence-electron chi connectivity index (χ3n) is 4.04. The first-order valence-corrected chi connectivity index (χ1v) is 8.44. The van der Waals surface area contributed by atoms with E-state index in [9.17, 15) is 19.2 Å². The summed E-state index contributed by atoms with van der Waals surface area (Å²) in [4.78, 5) is 47.3. The van der Waals surface area contributed by atoms with Gasteiger partial charge in [0.2, 0.25) is 11.7 Å². The summed E-state index contributed by atoms with van der Waals surface area (Å²) in [6.07, 6.45) is 3.54. The van der Waals surface area contributed by atoms with Gasteiger partial charge in [-0.1, -0.05) is 39.5 Å². The molecule has 0 aromatic carbocycles. The first-order chi connectivity index (χ1) is 11.3. The Morgan fingerprint density at radius 1 is 1.12 bits per heavy atom. The Hall–Kier alpha value is -2.12. The van der Waals surface area contributed by atoms with Crippen LogP contribution in [0.2, 0.25) is 0 Å². The molecule has 1 heterocycles. The summed E-state index contributed by atoms with van der Waals surface area (Å²) >= 11 is 0. The van der Waals surface area contributed by atoms with Crippen LogP contribution in [0.15, 0.2) is 0 Å². The Bertz CT molecular complexity index is 478. The van der Waals surface area contributed by atoms with E-state index in [-0.39, 0.29) is 5.92 Å². The molecule has 0 bridgehead atoms. The number of amides is 3. The van der Waals surface area contributed by atoms with Crippen molar-refractivity contribution < 1.29 is 24.3 Å². The van der Waals surface area contributed by atoms with E-state index in [0.29, 0.717) is 13.0 Å². The molecule has 2 unspecified atom stereocenters. The summed E-state index contributed by atoms with van der Waals surface area (Å²) in [6, 6.07) is -1.90. The van der Waals surface area contributed by atoms with Crippen LogP contribution in [0.5, 0.6) is 0 Å². The Kier molecular flexibility index (Phi) is 8.21. The predicted molar refractivity (Wildman–Crippen MR) is 87.4 cm³/mol. The number of carboxylic acid groups (broad SMARTS) is 1. The van der Waals surface area contributed by atoms with Gasteiger partial charge in [0.15, 0.2) is 0 Å². The minimum atomic E-state index is -1.31. The fourth-order valence-corrected chi connectivity index (χ4v) is 2.65. The molecule has 3 amide bonds. The minimum absolute atomic E-state index is 0.284. The molecule has 0 radical (unpaired) electrons. The zero-order chi connectivity index (χ0) is 18.1. The second-order valence-corrected chi connectivity index (χ2v) is 6.41. The van der Waals surface area contributed by atoms with E-state index in [1.807, 2.05) is 0 Å². The quantitative estimate of drug-likeness (QED) is 0.563. The number of carbonyl (C=O) groups excluding carboxylic acids is 3. The van der Waals surface area contributed by atoms with E-state index in [4.69, 9.17) is 5.11 Å². The SMILES string of the molecule is CC(C)C(NC(=O)O)C(=O)NC1CCCCCCCNC(=O)C1=O. The summed E-state index contributed by atoms with van der Waals surface area (Å²) in [6.45, 7) is 3.85. The second-order valence-electron chi connectivity index (χ2n) is 6.41. The lowest BCUT2D eigenvalue weighted by Crippen LogP contribution is -2.55. The summed E-state index contributed by atoms with van der Waals surface area (Å²) in [5.74, 6) is -2.25. The maximum atomic E-state index is 12.3. The molecule has 1 rings (SSSR count). The third kappa shape index (κ3) is 6.55. The standard InChI is InChI=1S/C16H27N3O5/c1-10(2)12(19-16(23)24)14(21)18-11-8-6-4-3-5-7-9-17-15(22)13(11)20/h10-12,19H,3-9H2,1-2H3,(H,17,22)(H,18,21)(H,23,24). The summed E-state index contributed by atoms with van der Waals surface area (Å²) in [5, 5.41) is 16.1. The molecular formula is C16H27N3O5. The predicted octanol–water partition coefficient (Wildman–Crippen LogP) is 0.803. The summed E-state index contributed by atoms with van der Waals surface area (Å²) in [7, 11) is 0. The first-order valence-electron chi connectivity index (χ1n) is 8.44. The molecule has 136 valence electrons. The molecule has 0 aliphatic carbocycles. The van der Waals surface area contributed by atoms with Crippen LogP contribution in [0, 0.1) is 5.92 Å². The fraction of sp³-hybridized carbons (Fsp3) is 0.750. The Morgan fingerprint density at radius 3 is 2.38 bits per heavy atom. The highest BCUT2D eigenvalue weighted by Gasteiger charge is 2.31. The van der Waals surface area contributed by atoms with Crippen molar-refractivity contribution in [2.24, 2.45) is 5.92 Å². The van der Waals surface area contributed by atoms with E-state index >= 15 is 0 Å². The van der Waals surface area contributed by atoms with Gasteiger partial charge in [0.25, 0.3) is 5.91 Å². The van der Waals surface area contributed by atoms with Gasteiger partial charge in [-0.2, -0.15) is 0 Å². The van der Waals surface area contributed by atoms with Crippen molar-refractivity contribution in [3.8, 4) is 0 Å². The van der Waals surface area contributed by atoms with Crippen molar-refractivity contribution >= 4 is 23.7 Å². The van der Waals surface area contributed by atoms with Gasteiger partial charge < -0.3 is 21.1 Å². The highest BCUT2D eigenvalue weighted by Crippen LogP contribution is 2.11. The monoisotopic (exact) mass is 341 g/mol. The number of ketones is 1. The van der Waals surface area contributed by atoms with Crippen molar-refractivity contribution in [1.82, 2.24) is 16.0 Å². The van der Waals surface area contributed by atoms with Crippen molar-refractivity contribution in [1.29, 1.82) is 0 Å². The van der Waals surface area contributed by atoms with Crippen LogP contribution in [0.25, 0.3) is 0 Å². The molecule has 1 aliphatic rings. The zero-order valence-electron chi connectivity index (χ0n) is 14.3.